The largest absolute Gasteiger partial charge is 0.463 e. The number of aromatic nitrogens is 4. The van der Waals surface area contributed by atoms with E-state index in [1.807, 2.05) is 12.3 Å². The van der Waals surface area contributed by atoms with Crippen molar-refractivity contribution in [2.24, 2.45) is 7.05 Å². The van der Waals surface area contributed by atoms with Gasteiger partial charge in [0, 0.05) is 7.05 Å². The van der Waals surface area contributed by atoms with Gasteiger partial charge in [0.2, 0.25) is 5.78 Å². The minimum absolute atomic E-state index is 0.00468. The summed E-state index contributed by atoms with van der Waals surface area (Å²) in [6.07, 6.45) is 3.34. The third-order valence-corrected chi connectivity index (χ3v) is 3.57. The third kappa shape index (κ3) is 1.57. The van der Waals surface area contributed by atoms with Gasteiger partial charge in [-0.2, -0.15) is 5.26 Å². The zero-order valence-corrected chi connectivity index (χ0v) is 11.5. The van der Waals surface area contributed by atoms with Gasteiger partial charge >= 0.3 is 0 Å². The van der Waals surface area contributed by atoms with Crippen molar-refractivity contribution < 1.29 is 4.42 Å². The lowest BCUT2D eigenvalue weighted by Gasteiger charge is -2.08. The highest BCUT2D eigenvalue weighted by atomic mass is 32.2. The number of rotatable bonds is 2. The number of thioether (sulfide) groups is 1. The molecule has 20 heavy (non-hydrogen) atoms. The molecule has 3 aromatic rings. The van der Waals surface area contributed by atoms with Crippen molar-refractivity contribution in [3.63, 3.8) is 0 Å². The number of nitriles is 1. The number of hydrogen-bond donors (Lipinski definition) is 0. The zero-order valence-electron chi connectivity index (χ0n) is 10.7. The van der Waals surface area contributed by atoms with Crippen LogP contribution in [0.1, 0.15) is 5.56 Å². The first-order chi connectivity index (χ1) is 9.69. The molecule has 8 heteroatoms. The van der Waals surface area contributed by atoms with Gasteiger partial charge in [0.15, 0.2) is 10.9 Å². The molecule has 7 nitrogen and oxygen atoms in total. The molecule has 0 aliphatic heterocycles. The second-order valence-corrected chi connectivity index (χ2v) is 4.77. The summed E-state index contributed by atoms with van der Waals surface area (Å²) in [5.41, 5.74) is -0.0403. The fraction of sp³-hybridized carbons (Fsp3) is 0.167. The van der Waals surface area contributed by atoms with Gasteiger partial charge in [-0.25, -0.2) is 0 Å². The monoisotopic (exact) mass is 287 g/mol. The van der Waals surface area contributed by atoms with E-state index in [0.29, 0.717) is 22.4 Å². The van der Waals surface area contributed by atoms with Gasteiger partial charge in [0.25, 0.3) is 5.56 Å². The molecule has 0 aliphatic rings. The van der Waals surface area contributed by atoms with E-state index in [4.69, 9.17) is 4.42 Å². The maximum absolute atomic E-state index is 12.2. The molecule has 100 valence electrons. The molecule has 0 radical (unpaired) electrons. The highest BCUT2D eigenvalue weighted by Crippen LogP contribution is 2.26. The van der Waals surface area contributed by atoms with Crippen molar-refractivity contribution in [2.45, 2.75) is 5.16 Å². The van der Waals surface area contributed by atoms with Crippen LogP contribution in [0.2, 0.25) is 0 Å². The van der Waals surface area contributed by atoms with Gasteiger partial charge in [0.05, 0.1) is 6.26 Å². The maximum Gasteiger partial charge on any atom is 0.273 e. The van der Waals surface area contributed by atoms with Gasteiger partial charge < -0.3 is 4.42 Å². The summed E-state index contributed by atoms with van der Waals surface area (Å²) in [5, 5.41) is 17.9. The highest BCUT2D eigenvalue weighted by Gasteiger charge is 2.22. The summed E-state index contributed by atoms with van der Waals surface area (Å²) < 4.78 is 8.31. The third-order valence-electron chi connectivity index (χ3n) is 2.94. The van der Waals surface area contributed by atoms with Crippen molar-refractivity contribution in [3.8, 4) is 17.5 Å². The smallest absolute Gasteiger partial charge is 0.273 e. The van der Waals surface area contributed by atoms with Crippen LogP contribution >= 0.6 is 11.8 Å². The summed E-state index contributed by atoms with van der Waals surface area (Å²) in [6, 6.07) is 5.34. The van der Waals surface area contributed by atoms with Crippen LogP contribution in [0.15, 0.2) is 32.8 Å². The fourth-order valence-corrected chi connectivity index (χ4v) is 2.50. The second kappa shape index (κ2) is 4.54. The van der Waals surface area contributed by atoms with E-state index in [1.54, 1.807) is 23.6 Å². The predicted molar refractivity (Wildman–Crippen MR) is 72.4 cm³/mol. The topological polar surface area (TPSA) is 89.1 Å². The molecule has 0 aromatic carbocycles. The van der Waals surface area contributed by atoms with E-state index in [9.17, 15) is 10.1 Å². The summed E-state index contributed by atoms with van der Waals surface area (Å²) >= 11 is 1.37. The lowest BCUT2D eigenvalue weighted by Crippen LogP contribution is -2.24. The van der Waals surface area contributed by atoms with Gasteiger partial charge in [-0.15, -0.1) is 10.2 Å². The van der Waals surface area contributed by atoms with Crippen molar-refractivity contribution >= 4 is 17.5 Å². The van der Waals surface area contributed by atoms with E-state index in [0.717, 1.165) is 0 Å². The average molecular weight is 287 g/mol. The Morgan fingerprint density at radius 2 is 2.25 bits per heavy atom. The van der Waals surface area contributed by atoms with Crippen LogP contribution in [0.4, 0.5) is 0 Å². The van der Waals surface area contributed by atoms with E-state index < -0.39 is 5.56 Å². The highest BCUT2D eigenvalue weighted by molar-refractivity contribution is 7.98. The molecule has 3 aromatic heterocycles. The molecular formula is C12H9N5O2S. The van der Waals surface area contributed by atoms with Gasteiger partial charge in [-0.3, -0.25) is 13.8 Å². The fourth-order valence-electron chi connectivity index (χ4n) is 2.03. The van der Waals surface area contributed by atoms with E-state index in [2.05, 4.69) is 10.2 Å². The minimum atomic E-state index is -0.425. The summed E-state index contributed by atoms with van der Waals surface area (Å²) in [7, 11) is 1.56. The molecule has 0 N–H and O–H groups in total. The average Bonchev–Trinajstić information content (AvgIpc) is 3.11. The summed E-state index contributed by atoms with van der Waals surface area (Å²) in [4.78, 5) is 12.2. The molecule has 0 amide bonds. The normalized spacial score (nSPS) is 10.8. The molecule has 0 spiro atoms. The molecule has 0 bridgehead atoms. The Balaban J connectivity index is 2.59. The maximum atomic E-state index is 12.2. The van der Waals surface area contributed by atoms with Crippen molar-refractivity contribution in [1.82, 2.24) is 19.2 Å². The Kier molecular flexibility index (Phi) is 2.84. The molecular weight excluding hydrogens is 278 g/mol. The molecule has 3 heterocycles. The molecule has 0 saturated carbocycles. The van der Waals surface area contributed by atoms with Crippen LogP contribution in [0.25, 0.3) is 17.2 Å². The van der Waals surface area contributed by atoms with Gasteiger partial charge in [-0.05, 0) is 18.4 Å². The number of aryl methyl sites for hydroxylation is 1. The molecule has 0 atom stereocenters. The Hall–Kier alpha value is -2.53. The van der Waals surface area contributed by atoms with Crippen LogP contribution < -0.4 is 5.56 Å². The lowest BCUT2D eigenvalue weighted by molar-refractivity contribution is 0.576. The van der Waals surface area contributed by atoms with E-state index in [1.165, 1.54) is 22.6 Å². The lowest BCUT2D eigenvalue weighted by atomic mass is 10.2. The molecule has 3 rings (SSSR count). The second-order valence-electron chi connectivity index (χ2n) is 4.00. The van der Waals surface area contributed by atoms with Crippen molar-refractivity contribution in [1.29, 1.82) is 5.26 Å². The van der Waals surface area contributed by atoms with Crippen LogP contribution in [-0.2, 0) is 7.05 Å². The van der Waals surface area contributed by atoms with Crippen molar-refractivity contribution in [2.75, 3.05) is 6.26 Å². The van der Waals surface area contributed by atoms with Gasteiger partial charge in [0.1, 0.15) is 17.3 Å². The van der Waals surface area contributed by atoms with E-state index in [-0.39, 0.29) is 5.56 Å². The Morgan fingerprint density at radius 3 is 2.85 bits per heavy atom. The molecule has 0 aliphatic carbocycles. The van der Waals surface area contributed by atoms with E-state index >= 15 is 0 Å². The van der Waals surface area contributed by atoms with Crippen LogP contribution in [0, 0.1) is 11.3 Å². The van der Waals surface area contributed by atoms with Crippen molar-refractivity contribution in [3.05, 3.63) is 34.3 Å². The Morgan fingerprint density at radius 1 is 1.45 bits per heavy atom. The quantitative estimate of drug-likeness (QED) is 0.660. The SMILES string of the molecule is CSc1nnc2n(C)c(=O)c(C#N)c(-c3ccco3)n12. The number of furan rings is 1. The van der Waals surface area contributed by atoms with Gasteiger partial charge in [-0.1, -0.05) is 11.8 Å². The Labute approximate surface area is 117 Å². The summed E-state index contributed by atoms with van der Waals surface area (Å²) in [5.74, 6) is 0.795. The first-order valence-corrected chi connectivity index (χ1v) is 6.87. The van der Waals surface area contributed by atoms with Crippen LogP contribution in [-0.4, -0.2) is 25.4 Å². The Bertz CT molecular complexity index is 885. The standard InChI is InChI=1S/C12H9N5O2S/c1-16-10(18)7(6-13)9(8-4-3-5-19-8)17-11(16)14-15-12(17)20-2/h3-5H,1-2H3. The number of hydrogen-bond acceptors (Lipinski definition) is 6. The summed E-state index contributed by atoms with van der Waals surface area (Å²) in [6.45, 7) is 0. The van der Waals surface area contributed by atoms with Crippen LogP contribution in [0.5, 0.6) is 0 Å². The molecule has 0 fully saturated rings. The molecule has 0 saturated heterocycles. The molecule has 0 unspecified atom stereocenters. The van der Waals surface area contributed by atoms with Crippen LogP contribution in [0.3, 0.4) is 0 Å². The zero-order chi connectivity index (χ0) is 14.3. The predicted octanol–water partition coefficient (Wildman–Crippen LogP) is 1.28. The first kappa shape index (κ1) is 12.5. The number of fused-ring (bicyclic) bond motifs is 1. The number of nitrogens with zero attached hydrogens (tertiary/aromatic N) is 5. The minimum Gasteiger partial charge on any atom is -0.463 e. The first-order valence-electron chi connectivity index (χ1n) is 5.65.